The van der Waals surface area contributed by atoms with E-state index < -0.39 is 26.5 Å². The maximum atomic E-state index is 13.5. The fourth-order valence-electron chi connectivity index (χ4n) is 2.11. The second kappa shape index (κ2) is 6.48. The summed E-state index contributed by atoms with van der Waals surface area (Å²) in [5.41, 5.74) is -0.681. The van der Waals surface area contributed by atoms with Gasteiger partial charge in [-0.05, 0) is 31.9 Å². The third kappa shape index (κ3) is 3.38. The molecule has 0 fully saturated rings. The van der Waals surface area contributed by atoms with Gasteiger partial charge in [-0.15, -0.1) is 0 Å². The van der Waals surface area contributed by atoms with Crippen LogP contribution in [0.1, 0.15) is 32.8 Å². The minimum Gasteiger partial charge on any atom is -0.258 e. The number of nitrogens with zero attached hydrogens (tertiary/aromatic N) is 2. The molecule has 0 bridgehead atoms. The molecule has 0 aliphatic carbocycles. The topological polar surface area (TPSA) is 80.5 Å². The van der Waals surface area contributed by atoms with E-state index in [1.54, 1.807) is 13.8 Å². The molecule has 21 heavy (non-hydrogen) atoms. The fraction of sp³-hybridized carbons (Fsp3) is 0.538. The van der Waals surface area contributed by atoms with Crippen molar-refractivity contribution in [2.45, 2.75) is 45.1 Å². The lowest BCUT2D eigenvalue weighted by Gasteiger charge is -2.26. The molecule has 1 aromatic carbocycles. The Bertz CT molecular complexity index is 646. The number of aryl methyl sites for hydroxylation is 1. The number of sulfonamides is 1. The van der Waals surface area contributed by atoms with Crippen LogP contribution in [0.5, 0.6) is 0 Å². The molecule has 0 saturated heterocycles. The lowest BCUT2D eigenvalue weighted by atomic mass is 10.2. The predicted molar refractivity (Wildman–Crippen MR) is 77.1 cm³/mol. The van der Waals surface area contributed by atoms with Crippen LogP contribution >= 0.6 is 0 Å². The SMILES string of the molecule is CCC(C)N(CC)S(=O)(=O)c1cc([N+](=O)[O-])c(F)cc1C. The van der Waals surface area contributed by atoms with Crippen molar-refractivity contribution < 1.29 is 17.7 Å². The molecule has 118 valence electrons. The Hall–Kier alpha value is -1.54. The van der Waals surface area contributed by atoms with Gasteiger partial charge in [-0.2, -0.15) is 8.70 Å². The highest BCUT2D eigenvalue weighted by Gasteiger charge is 2.31. The zero-order valence-electron chi connectivity index (χ0n) is 12.5. The molecule has 8 heteroatoms. The van der Waals surface area contributed by atoms with E-state index in [4.69, 9.17) is 0 Å². The number of halogens is 1. The second-order valence-corrected chi connectivity index (χ2v) is 6.65. The summed E-state index contributed by atoms with van der Waals surface area (Å²) < 4.78 is 40.1. The Morgan fingerprint density at radius 1 is 1.38 bits per heavy atom. The lowest BCUT2D eigenvalue weighted by Crippen LogP contribution is -2.38. The number of hydrogen-bond acceptors (Lipinski definition) is 4. The second-order valence-electron chi connectivity index (χ2n) is 4.79. The Morgan fingerprint density at radius 2 is 1.95 bits per heavy atom. The molecule has 6 nitrogen and oxygen atoms in total. The molecule has 0 N–H and O–H groups in total. The van der Waals surface area contributed by atoms with Crippen LogP contribution in [-0.2, 0) is 10.0 Å². The number of benzene rings is 1. The van der Waals surface area contributed by atoms with Crippen LogP contribution in [0.2, 0.25) is 0 Å². The van der Waals surface area contributed by atoms with E-state index in [9.17, 15) is 22.9 Å². The van der Waals surface area contributed by atoms with Gasteiger partial charge in [-0.3, -0.25) is 10.1 Å². The summed E-state index contributed by atoms with van der Waals surface area (Å²) in [6, 6.07) is 1.43. The largest absolute Gasteiger partial charge is 0.306 e. The molecule has 0 spiro atoms. The summed E-state index contributed by atoms with van der Waals surface area (Å²) in [5.74, 6) is -1.04. The van der Waals surface area contributed by atoms with Gasteiger partial charge in [0.25, 0.3) is 0 Å². The van der Waals surface area contributed by atoms with Crippen LogP contribution < -0.4 is 0 Å². The van der Waals surface area contributed by atoms with E-state index in [-0.39, 0.29) is 23.0 Å². The fourth-order valence-corrected chi connectivity index (χ4v) is 4.05. The minimum atomic E-state index is -3.90. The monoisotopic (exact) mass is 318 g/mol. The Morgan fingerprint density at radius 3 is 2.38 bits per heavy atom. The summed E-state index contributed by atoms with van der Waals surface area (Å²) in [6.07, 6.45) is 0.607. The average Bonchev–Trinajstić information content (AvgIpc) is 2.37. The van der Waals surface area contributed by atoms with Gasteiger partial charge in [-0.1, -0.05) is 13.8 Å². The Kier molecular flexibility index (Phi) is 5.41. The van der Waals surface area contributed by atoms with Gasteiger partial charge in [0.15, 0.2) is 0 Å². The van der Waals surface area contributed by atoms with Crippen LogP contribution in [0, 0.1) is 22.9 Å². The molecular weight excluding hydrogens is 299 g/mol. The van der Waals surface area contributed by atoms with E-state index in [2.05, 4.69) is 0 Å². The van der Waals surface area contributed by atoms with Crippen molar-refractivity contribution in [2.24, 2.45) is 0 Å². The molecule has 1 rings (SSSR count). The highest BCUT2D eigenvalue weighted by Crippen LogP contribution is 2.28. The molecular formula is C13H19FN2O4S. The quantitative estimate of drug-likeness (QED) is 0.596. The first-order valence-electron chi connectivity index (χ1n) is 6.63. The van der Waals surface area contributed by atoms with E-state index in [0.29, 0.717) is 6.42 Å². The average molecular weight is 318 g/mol. The van der Waals surface area contributed by atoms with Crippen LogP contribution in [0.3, 0.4) is 0 Å². The minimum absolute atomic E-state index is 0.153. The Labute approximate surface area is 123 Å². The maximum absolute atomic E-state index is 13.5. The van der Waals surface area contributed by atoms with Crippen LogP contribution in [0.25, 0.3) is 0 Å². The first kappa shape index (κ1) is 17.5. The Balaban J connectivity index is 3.50. The smallest absolute Gasteiger partial charge is 0.258 e. The molecule has 0 amide bonds. The maximum Gasteiger partial charge on any atom is 0.306 e. The summed E-state index contributed by atoms with van der Waals surface area (Å²) in [7, 11) is -3.90. The molecule has 1 unspecified atom stereocenters. The first-order valence-corrected chi connectivity index (χ1v) is 8.07. The molecule has 0 heterocycles. The highest BCUT2D eigenvalue weighted by atomic mass is 32.2. The number of nitro benzene ring substituents is 1. The summed E-state index contributed by atoms with van der Waals surface area (Å²) >= 11 is 0. The normalized spacial score (nSPS) is 13.4. The first-order chi connectivity index (χ1) is 9.66. The third-order valence-electron chi connectivity index (χ3n) is 3.42. The van der Waals surface area contributed by atoms with Crippen LogP contribution in [0.4, 0.5) is 10.1 Å². The van der Waals surface area contributed by atoms with Gasteiger partial charge in [0.05, 0.1) is 9.82 Å². The van der Waals surface area contributed by atoms with E-state index in [1.165, 1.54) is 11.2 Å². The third-order valence-corrected chi connectivity index (χ3v) is 5.65. The van der Waals surface area contributed by atoms with Gasteiger partial charge in [-0.25, -0.2) is 8.42 Å². The van der Waals surface area contributed by atoms with E-state index in [1.807, 2.05) is 6.92 Å². The van der Waals surface area contributed by atoms with Crippen molar-refractivity contribution in [2.75, 3.05) is 6.54 Å². The number of rotatable bonds is 6. The molecule has 0 aliphatic heterocycles. The predicted octanol–water partition coefficient (Wildman–Crippen LogP) is 2.85. The molecule has 1 aromatic rings. The standard InChI is InChI=1S/C13H19FN2O4S/c1-5-10(4)15(6-2)21(19,20)13-8-12(16(17)18)11(14)7-9(13)3/h7-8,10H,5-6H2,1-4H3. The van der Waals surface area contributed by atoms with Gasteiger partial charge < -0.3 is 0 Å². The van der Waals surface area contributed by atoms with Crippen molar-refractivity contribution in [1.29, 1.82) is 0 Å². The summed E-state index contributed by atoms with van der Waals surface area (Å²) in [4.78, 5) is 9.65. The van der Waals surface area contributed by atoms with Crippen molar-refractivity contribution in [1.82, 2.24) is 4.31 Å². The van der Waals surface area contributed by atoms with Crippen molar-refractivity contribution in [3.05, 3.63) is 33.6 Å². The summed E-state index contributed by atoms with van der Waals surface area (Å²) in [6.45, 7) is 6.96. The number of hydrogen-bond donors (Lipinski definition) is 0. The van der Waals surface area contributed by atoms with Crippen molar-refractivity contribution in [3.8, 4) is 0 Å². The molecule has 0 radical (unpaired) electrons. The molecule has 0 saturated carbocycles. The summed E-state index contributed by atoms with van der Waals surface area (Å²) in [5, 5.41) is 10.8. The van der Waals surface area contributed by atoms with E-state index in [0.717, 1.165) is 12.1 Å². The van der Waals surface area contributed by atoms with Gasteiger partial charge in [0.2, 0.25) is 15.8 Å². The van der Waals surface area contributed by atoms with Crippen molar-refractivity contribution >= 4 is 15.7 Å². The lowest BCUT2D eigenvalue weighted by molar-refractivity contribution is -0.387. The zero-order chi connectivity index (χ0) is 16.4. The van der Waals surface area contributed by atoms with E-state index >= 15 is 0 Å². The van der Waals surface area contributed by atoms with Crippen LogP contribution in [-0.4, -0.2) is 30.2 Å². The number of nitro groups is 1. The van der Waals surface area contributed by atoms with Crippen LogP contribution in [0.15, 0.2) is 17.0 Å². The molecule has 1 atom stereocenters. The molecule has 0 aliphatic rings. The van der Waals surface area contributed by atoms with Gasteiger partial charge >= 0.3 is 5.69 Å². The molecule has 0 aromatic heterocycles. The van der Waals surface area contributed by atoms with Gasteiger partial charge in [0, 0.05) is 18.7 Å². The van der Waals surface area contributed by atoms with Gasteiger partial charge in [0.1, 0.15) is 0 Å². The van der Waals surface area contributed by atoms with Crippen molar-refractivity contribution in [3.63, 3.8) is 0 Å². The highest BCUT2D eigenvalue weighted by molar-refractivity contribution is 7.89. The zero-order valence-corrected chi connectivity index (χ0v) is 13.3.